The highest BCUT2D eigenvalue weighted by molar-refractivity contribution is 7.08. The predicted molar refractivity (Wildman–Crippen MR) is 113 cm³/mol. The van der Waals surface area contributed by atoms with Crippen LogP contribution in [0.4, 0.5) is 0 Å². The molecule has 0 bridgehead atoms. The van der Waals surface area contributed by atoms with Crippen LogP contribution in [0.3, 0.4) is 0 Å². The number of nitrogens with zero attached hydrogens (tertiary/aromatic N) is 3. The van der Waals surface area contributed by atoms with Crippen molar-refractivity contribution in [2.24, 2.45) is 0 Å². The van der Waals surface area contributed by atoms with Crippen LogP contribution in [0.5, 0.6) is 0 Å². The summed E-state index contributed by atoms with van der Waals surface area (Å²) in [6.07, 6.45) is 6.63. The van der Waals surface area contributed by atoms with Gasteiger partial charge >= 0.3 is 0 Å². The van der Waals surface area contributed by atoms with Crippen LogP contribution < -0.4 is 0 Å². The number of thiophene rings is 1. The van der Waals surface area contributed by atoms with Gasteiger partial charge in [0.25, 0.3) is 0 Å². The topological polar surface area (TPSA) is 20.5 Å². The first-order chi connectivity index (χ1) is 13.3. The Bertz CT molecular complexity index is 1040. The van der Waals surface area contributed by atoms with E-state index in [1.165, 1.54) is 48.2 Å². The van der Waals surface area contributed by atoms with Crippen LogP contribution in [-0.4, -0.2) is 34.4 Å². The summed E-state index contributed by atoms with van der Waals surface area (Å²) in [5, 5.41) is 4.27. The van der Waals surface area contributed by atoms with Gasteiger partial charge in [0, 0.05) is 17.1 Å². The summed E-state index contributed by atoms with van der Waals surface area (Å²) < 4.78 is 2.17. The fourth-order valence-corrected chi connectivity index (χ4v) is 4.72. The number of pyridine rings is 1. The number of fused-ring (bicyclic) bond motifs is 1. The molecular weight excluding hydrogens is 350 g/mol. The van der Waals surface area contributed by atoms with E-state index in [1.807, 2.05) is 6.20 Å². The molecule has 3 aromatic heterocycles. The van der Waals surface area contributed by atoms with E-state index < -0.39 is 0 Å². The Morgan fingerprint density at radius 3 is 2.52 bits per heavy atom. The van der Waals surface area contributed by atoms with Crippen molar-refractivity contribution in [1.29, 1.82) is 0 Å². The van der Waals surface area contributed by atoms with Crippen LogP contribution in [0.15, 0.2) is 65.6 Å². The Labute approximate surface area is 163 Å². The standard InChI is InChI=1S/C23H23N3S/c1-25-10-6-19(7-11-25)17-2-4-18(5-3-17)20-8-12-26-22(15-24-23(26)14-20)21-9-13-27-16-21/h2-5,8-9,12-16,19H,6-7,10-11H2,1H3. The number of piperidine rings is 1. The number of imidazole rings is 1. The number of aromatic nitrogens is 2. The molecule has 1 aromatic carbocycles. The van der Waals surface area contributed by atoms with Gasteiger partial charge in [-0.25, -0.2) is 4.98 Å². The molecule has 1 aliphatic rings. The summed E-state index contributed by atoms with van der Waals surface area (Å²) in [6.45, 7) is 2.41. The Hall–Kier alpha value is -2.43. The molecule has 3 nitrogen and oxygen atoms in total. The minimum absolute atomic E-state index is 0.707. The summed E-state index contributed by atoms with van der Waals surface area (Å²) in [7, 11) is 2.22. The van der Waals surface area contributed by atoms with Gasteiger partial charge in [0.15, 0.2) is 0 Å². The molecule has 0 amide bonds. The van der Waals surface area contributed by atoms with Crippen molar-refractivity contribution in [2.75, 3.05) is 20.1 Å². The molecule has 1 fully saturated rings. The Balaban J connectivity index is 1.42. The van der Waals surface area contributed by atoms with Crippen LogP contribution in [0.1, 0.15) is 24.3 Å². The third-order valence-electron chi connectivity index (χ3n) is 5.76. The smallest absolute Gasteiger partial charge is 0.137 e. The van der Waals surface area contributed by atoms with Crippen molar-refractivity contribution in [1.82, 2.24) is 14.3 Å². The molecule has 0 saturated carbocycles. The summed E-state index contributed by atoms with van der Waals surface area (Å²) >= 11 is 1.72. The molecule has 1 saturated heterocycles. The molecule has 27 heavy (non-hydrogen) atoms. The molecule has 5 rings (SSSR count). The first kappa shape index (κ1) is 16.7. The first-order valence-electron chi connectivity index (χ1n) is 9.56. The molecule has 0 N–H and O–H groups in total. The van der Waals surface area contributed by atoms with Crippen LogP contribution in [0.2, 0.25) is 0 Å². The molecule has 4 aromatic rings. The van der Waals surface area contributed by atoms with Gasteiger partial charge in [0.05, 0.1) is 11.9 Å². The second-order valence-corrected chi connectivity index (χ2v) is 8.28. The minimum Gasteiger partial charge on any atom is -0.306 e. The van der Waals surface area contributed by atoms with E-state index in [4.69, 9.17) is 0 Å². The molecule has 0 spiro atoms. The summed E-state index contributed by atoms with van der Waals surface area (Å²) in [5.41, 5.74) is 7.33. The van der Waals surface area contributed by atoms with E-state index in [9.17, 15) is 0 Å². The maximum absolute atomic E-state index is 4.62. The Morgan fingerprint density at radius 1 is 0.963 bits per heavy atom. The van der Waals surface area contributed by atoms with Crippen LogP contribution >= 0.6 is 11.3 Å². The van der Waals surface area contributed by atoms with E-state index in [0.717, 1.165) is 11.3 Å². The second-order valence-electron chi connectivity index (χ2n) is 7.50. The quantitative estimate of drug-likeness (QED) is 0.470. The first-order valence-corrected chi connectivity index (χ1v) is 10.5. The van der Waals surface area contributed by atoms with E-state index in [0.29, 0.717) is 5.92 Å². The molecule has 136 valence electrons. The molecule has 0 aliphatic carbocycles. The highest BCUT2D eigenvalue weighted by atomic mass is 32.1. The van der Waals surface area contributed by atoms with E-state index in [-0.39, 0.29) is 0 Å². The van der Waals surface area contributed by atoms with E-state index in [1.54, 1.807) is 11.3 Å². The third-order valence-corrected chi connectivity index (χ3v) is 6.45. The van der Waals surface area contributed by atoms with Gasteiger partial charge < -0.3 is 4.90 Å². The number of rotatable bonds is 3. The highest BCUT2D eigenvalue weighted by Crippen LogP contribution is 2.30. The average molecular weight is 374 g/mol. The van der Waals surface area contributed by atoms with Gasteiger partial charge in [0.2, 0.25) is 0 Å². The zero-order valence-corrected chi connectivity index (χ0v) is 16.3. The summed E-state index contributed by atoms with van der Waals surface area (Å²) in [5.74, 6) is 0.707. The van der Waals surface area contributed by atoms with Gasteiger partial charge in [0.1, 0.15) is 5.65 Å². The molecule has 0 unspecified atom stereocenters. The highest BCUT2D eigenvalue weighted by Gasteiger charge is 2.18. The second kappa shape index (κ2) is 6.95. The largest absolute Gasteiger partial charge is 0.306 e. The van der Waals surface area contributed by atoms with Crippen LogP contribution in [0, 0.1) is 0 Å². The monoisotopic (exact) mass is 373 g/mol. The van der Waals surface area contributed by atoms with E-state index in [2.05, 4.69) is 80.8 Å². The van der Waals surface area contributed by atoms with Gasteiger partial charge in [-0.3, -0.25) is 4.40 Å². The Kier molecular flexibility index (Phi) is 4.30. The fraction of sp³-hybridized carbons (Fsp3) is 0.261. The average Bonchev–Trinajstić information content (AvgIpc) is 3.38. The lowest BCUT2D eigenvalue weighted by Gasteiger charge is -2.29. The number of hydrogen-bond donors (Lipinski definition) is 0. The Morgan fingerprint density at radius 2 is 1.78 bits per heavy atom. The van der Waals surface area contributed by atoms with Crippen molar-refractivity contribution >= 4 is 17.0 Å². The van der Waals surface area contributed by atoms with E-state index >= 15 is 0 Å². The van der Waals surface area contributed by atoms with Crippen molar-refractivity contribution in [3.05, 3.63) is 71.2 Å². The molecule has 0 atom stereocenters. The van der Waals surface area contributed by atoms with Crippen molar-refractivity contribution in [3.8, 4) is 22.4 Å². The fourth-order valence-electron chi connectivity index (χ4n) is 4.07. The SMILES string of the molecule is CN1CCC(c2ccc(-c3ccn4c(-c5ccsc5)cnc4c3)cc2)CC1. The maximum atomic E-state index is 4.62. The van der Waals surface area contributed by atoms with Crippen molar-refractivity contribution < 1.29 is 0 Å². The zero-order valence-electron chi connectivity index (χ0n) is 15.5. The molecule has 1 aliphatic heterocycles. The van der Waals surface area contributed by atoms with Crippen LogP contribution in [-0.2, 0) is 0 Å². The number of benzene rings is 1. The van der Waals surface area contributed by atoms with Gasteiger partial charge in [-0.05, 0) is 79.2 Å². The lowest BCUT2D eigenvalue weighted by Crippen LogP contribution is -2.29. The predicted octanol–water partition coefficient (Wildman–Crippen LogP) is 5.54. The molecule has 0 radical (unpaired) electrons. The van der Waals surface area contributed by atoms with Gasteiger partial charge in [-0.15, -0.1) is 0 Å². The van der Waals surface area contributed by atoms with Crippen LogP contribution in [0.25, 0.3) is 28.0 Å². The van der Waals surface area contributed by atoms with Crippen molar-refractivity contribution in [2.45, 2.75) is 18.8 Å². The number of hydrogen-bond acceptors (Lipinski definition) is 3. The number of likely N-dealkylation sites (tertiary alicyclic amines) is 1. The molecular formula is C23H23N3S. The summed E-state index contributed by atoms with van der Waals surface area (Å²) in [4.78, 5) is 7.05. The molecule has 4 heteroatoms. The summed E-state index contributed by atoms with van der Waals surface area (Å²) in [6, 6.07) is 15.7. The van der Waals surface area contributed by atoms with Gasteiger partial charge in [-0.2, -0.15) is 11.3 Å². The van der Waals surface area contributed by atoms with Gasteiger partial charge in [-0.1, -0.05) is 24.3 Å². The normalized spacial score (nSPS) is 16.2. The minimum atomic E-state index is 0.707. The maximum Gasteiger partial charge on any atom is 0.137 e. The lowest BCUT2D eigenvalue weighted by atomic mass is 9.89. The zero-order chi connectivity index (χ0) is 18.2. The van der Waals surface area contributed by atoms with Crippen molar-refractivity contribution in [3.63, 3.8) is 0 Å². The molecule has 4 heterocycles. The third kappa shape index (κ3) is 3.20. The lowest BCUT2D eigenvalue weighted by molar-refractivity contribution is 0.255.